The Morgan fingerprint density at radius 1 is 1.17 bits per heavy atom. The standard InChI is InChI=1S/C20H21N3O3S3/c1-13-7-3-4-8-16(13)22-29(25,26)17-11-15(12-27-17)19-21-14(2)18(28-19)20(24)23-9-5-6-10-23/h3-4,7-8,11-12,22H,5-6,9-10H2,1-2H3. The number of aromatic nitrogens is 1. The number of nitrogens with one attached hydrogen (secondary N) is 1. The molecule has 6 nitrogen and oxygen atoms in total. The summed E-state index contributed by atoms with van der Waals surface area (Å²) in [5.74, 6) is 0.0213. The number of rotatable bonds is 5. The normalized spacial score (nSPS) is 14.3. The van der Waals surface area contributed by atoms with Crippen molar-refractivity contribution in [3.63, 3.8) is 0 Å². The van der Waals surface area contributed by atoms with Gasteiger partial charge in [-0.15, -0.1) is 22.7 Å². The zero-order chi connectivity index (χ0) is 20.6. The Balaban J connectivity index is 1.58. The van der Waals surface area contributed by atoms with E-state index in [0.29, 0.717) is 26.8 Å². The number of sulfonamides is 1. The zero-order valence-corrected chi connectivity index (χ0v) is 18.6. The summed E-state index contributed by atoms with van der Waals surface area (Å²) in [6.07, 6.45) is 2.08. The molecule has 1 saturated heterocycles. The van der Waals surface area contributed by atoms with Crippen molar-refractivity contribution >= 4 is 44.3 Å². The molecule has 1 aliphatic heterocycles. The Morgan fingerprint density at radius 2 is 1.90 bits per heavy atom. The lowest BCUT2D eigenvalue weighted by molar-refractivity contribution is 0.0796. The summed E-state index contributed by atoms with van der Waals surface area (Å²) in [5.41, 5.74) is 2.82. The second-order valence-corrected chi connectivity index (χ2v) is 10.8. The van der Waals surface area contributed by atoms with Crippen LogP contribution in [0.2, 0.25) is 0 Å². The number of amides is 1. The van der Waals surface area contributed by atoms with Crippen LogP contribution in [0.5, 0.6) is 0 Å². The van der Waals surface area contributed by atoms with Crippen LogP contribution in [0.4, 0.5) is 5.69 Å². The molecular formula is C20H21N3O3S3. The molecule has 3 heterocycles. The molecule has 2 aromatic heterocycles. The van der Waals surface area contributed by atoms with E-state index in [0.717, 1.165) is 42.8 Å². The first kappa shape index (κ1) is 20.1. The van der Waals surface area contributed by atoms with Gasteiger partial charge in [0.2, 0.25) is 0 Å². The summed E-state index contributed by atoms with van der Waals surface area (Å²) in [6.45, 7) is 5.26. The molecule has 0 saturated carbocycles. The van der Waals surface area contributed by atoms with E-state index in [1.54, 1.807) is 23.6 Å². The fourth-order valence-electron chi connectivity index (χ4n) is 3.23. The first-order valence-corrected chi connectivity index (χ1v) is 12.5. The number of thiazole rings is 1. The molecule has 0 unspecified atom stereocenters. The predicted octanol–water partition coefficient (Wildman–Crippen LogP) is 4.53. The fourth-order valence-corrected chi connectivity index (χ4v) is 6.63. The topological polar surface area (TPSA) is 79.4 Å². The molecule has 1 aromatic carbocycles. The average Bonchev–Trinajstić information content (AvgIpc) is 3.43. The highest BCUT2D eigenvalue weighted by Crippen LogP contribution is 2.34. The predicted molar refractivity (Wildman–Crippen MR) is 117 cm³/mol. The van der Waals surface area contributed by atoms with Gasteiger partial charge >= 0.3 is 0 Å². The quantitative estimate of drug-likeness (QED) is 0.623. The Morgan fingerprint density at radius 3 is 2.62 bits per heavy atom. The maximum Gasteiger partial charge on any atom is 0.271 e. The van der Waals surface area contributed by atoms with Crippen LogP contribution in [-0.4, -0.2) is 37.3 Å². The number of para-hydroxylation sites is 1. The van der Waals surface area contributed by atoms with Gasteiger partial charge in [-0.05, 0) is 44.4 Å². The number of likely N-dealkylation sites (tertiary alicyclic amines) is 1. The summed E-state index contributed by atoms with van der Waals surface area (Å²) >= 11 is 2.47. The minimum Gasteiger partial charge on any atom is -0.338 e. The molecule has 0 aliphatic carbocycles. The third-order valence-electron chi connectivity index (χ3n) is 4.86. The molecular weight excluding hydrogens is 426 g/mol. The zero-order valence-electron chi connectivity index (χ0n) is 16.1. The lowest BCUT2D eigenvalue weighted by atomic mass is 10.2. The monoisotopic (exact) mass is 447 g/mol. The summed E-state index contributed by atoms with van der Waals surface area (Å²) in [6, 6.07) is 8.87. The number of carbonyl (C=O) groups excluding carboxylic acids is 1. The van der Waals surface area contributed by atoms with Crippen molar-refractivity contribution in [2.24, 2.45) is 0 Å². The minimum absolute atomic E-state index is 0.0213. The largest absolute Gasteiger partial charge is 0.338 e. The van der Waals surface area contributed by atoms with E-state index in [-0.39, 0.29) is 10.1 Å². The van der Waals surface area contributed by atoms with Crippen LogP contribution in [0, 0.1) is 13.8 Å². The Labute approximate surface area is 178 Å². The summed E-state index contributed by atoms with van der Waals surface area (Å²) < 4.78 is 28.4. The number of hydrogen-bond acceptors (Lipinski definition) is 6. The van der Waals surface area contributed by atoms with Gasteiger partial charge in [-0.2, -0.15) is 0 Å². The van der Waals surface area contributed by atoms with Gasteiger partial charge in [0.15, 0.2) is 0 Å². The second kappa shape index (κ2) is 7.89. The van der Waals surface area contributed by atoms with E-state index in [2.05, 4.69) is 9.71 Å². The maximum absolute atomic E-state index is 12.8. The highest BCUT2D eigenvalue weighted by molar-refractivity contribution is 7.94. The van der Waals surface area contributed by atoms with Crippen molar-refractivity contribution in [2.45, 2.75) is 30.9 Å². The summed E-state index contributed by atoms with van der Waals surface area (Å²) in [5, 5.41) is 2.44. The Kier molecular flexibility index (Phi) is 5.46. The number of hydrogen-bond donors (Lipinski definition) is 1. The average molecular weight is 448 g/mol. The van der Waals surface area contributed by atoms with Gasteiger partial charge in [-0.25, -0.2) is 13.4 Å². The van der Waals surface area contributed by atoms with Gasteiger partial charge in [0.1, 0.15) is 14.1 Å². The molecule has 9 heteroatoms. The first-order valence-electron chi connectivity index (χ1n) is 9.29. The van der Waals surface area contributed by atoms with E-state index < -0.39 is 10.0 Å². The smallest absolute Gasteiger partial charge is 0.271 e. The van der Waals surface area contributed by atoms with Crippen LogP contribution in [0.3, 0.4) is 0 Å². The summed E-state index contributed by atoms with van der Waals surface area (Å²) in [4.78, 5) is 19.7. The highest BCUT2D eigenvalue weighted by Gasteiger charge is 2.25. The first-order chi connectivity index (χ1) is 13.8. The third-order valence-corrected chi connectivity index (χ3v) is 8.86. The van der Waals surface area contributed by atoms with Gasteiger partial charge in [0.25, 0.3) is 15.9 Å². The molecule has 3 aromatic rings. The van der Waals surface area contributed by atoms with E-state index in [9.17, 15) is 13.2 Å². The number of aryl methyl sites for hydroxylation is 2. The van der Waals surface area contributed by atoms with Gasteiger partial charge in [-0.3, -0.25) is 9.52 Å². The molecule has 1 N–H and O–H groups in total. The molecule has 0 bridgehead atoms. The fraction of sp³-hybridized carbons (Fsp3) is 0.300. The number of carbonyl (C=O) groups is 1. The van der Waals surface area contributed by atoms with Crippen LogP contribution >= 0.6 is 22.7 Å². The van der Waals surface area contributed by atoms with Crippen molar-refractivity contribution in [2.75, 3.05) is 17.8 Å². The second-order valence-electron chi connectivity index (χ2n) is 7.01. The van der Waals surface area contributed by atoms with Gasteiger partial charge in [-0.1, -0.05) is 18.2 Å². The van der Waals surface area contributed by atoms with Gasteiger partial charge in [0.05, 0.1) is 11.4 Å². The molecule has 29 heavy (non-hydrogen) atoms. The van der Waals surface area contributed by atoms with Crippen LogP contribution in [0.25, 0.3) is 10.6 Å². The van der Waals surface area contributed by atoms with Crippen molar-refractivity contribution in [3.8, 4) is 10.6 Å². The van der Waals surface area contributed by atoms with E-state index in [1.165, 1.54) is 11.3 Å². The van der Waals surface area contributed by atoms with Crippen LogP contribution in [-0.2, 0) is 10.0 Å². The number of benzene rings is 1. The lowest BCUT2D eigenvalue weighted by Gasteiger charge is -2.13. The van der Waals surface area contributed by atoms with Crippen molar-refractivity contribution in [3.05, 3.63) is 51.8 Å². The SMILES string of the molecule is Cc1ccccc1NS(=O)(=O)c1cc(-c2nc(C)c(C(=O)N3CCCC3)s2)cs1. The molecule has 1 fully saturated rings. The molecule has 1 aliphatic rings. The van der Waals surface area contributed by atoms with Crippen molar-refractivity contribution in [1.82, 2.24) is 9.88 Å². The van der Waals surface area contributed by atoms with Crippen LogP contribution in [0.15, 0.2) is 39.9 Å². The minimum atomic E-state index is -3.69. The van der Waals surface area contributed by atoms with Gasteiger partial charge < -0.3 is 4.90 Å². The molecule has 0 atom stereocenters. The molecule has 152 valence electrons. The lowest BCUT2D eigenvalue weighted by Crippen LogP contribution is -2.27. The van der Waals surface area contributed by atoms with Crippen LogP contribution < -0.4 is 4.72 Å². The van der Waals surface area contributed by atoms with Gasteiger partial charge in [0, 0.05) is 24.0 Å². The Hall–Kier alpha value is -2.23. The number of thiophene rings is 1. The number of nitrogens with zero attached hydrogens (tertiary/aromatic N) is 2. The highest BCUT2D eigenvalue weighted by atomic mass is 32.2. The van der Waals surface area contributed by atoms with Crippen molar-refractivity contribution < 1.29 is 13.2 Å². The Bertz CT molecular complexity index is 1160. The summed E-state index contributed by atoms with van der Waals surface area (Å²) in [7, 11) is -3.69. The third kappa shape index (κ3) is 4.08. The van der Waals surface area contributed by atoms with E-state index in [4.69, 9.17) is 0 Å². The van der Waals surface area contributed by atoms with E-state index >= 15 is 0 Å². The molecule has 1 amide bonds. The molecule has 0 radical (unpaired) electrons. The number of anilines is 1. The van der Waals surface area contributed by atoms with Crippen molar-refractivity contribution in [1.29, 1.82) is 0 Å². The maximum atomic E-state index is 12.8. The van der Waals surface area contributed by atoms with Crippen LogP contribution in [0.1, 0.15) is 33.8 Å². The molecule has 4 rings (SSSR count). The van der Waals surface area contributed by atoms with E-state index in [1.807, 2.05) is 30.9 Å². The molecule has 0 spiro atoms.